The zero-order chi connectivity index (χ0) is 19.1. The molecule has 0 unspecified atom stereocenters. The van der Waals surface area contributed by atoms with Gasteiger partial charge in [-0.15, -0.1) is 0 Å². The molecule has 3 aromatic carbocycles. The zero-order valence-corrected chi connectivity index (χ0v) is 15.3. The molecule has 0 bridgehead atoms. The third-order valence-corrected chi connectivity index (χ3v) is 4.30. The van der Waals surface area contributed by atoms with Crippen LogP contribution >= 0.6 is 11.6 Å². The topological polar surface area (TPSA) is 58.2 Å². The fourth-order valence-corrected chi connectivity index (χ4v) is 2.78. The first-order chi connectivity index (χ1) is 13.1. The molecule has 4 nitrogen and oxygen atoms in total. The Bertz CT molecular complexity index is 897. The van der Waals surface area contributed by atoms with Crippen LogP contribution in [0.2, 0.25) is 5.02 Å². The largest absolute Gasteiger partial charge is 0.340 e. The number of halogens is 1. The number of benzene rings is 3. The van der Waals surface area contributed by atoms with Crippen molar-refractivity contribution in [1.29, 1.82) is 0 Å². The van der Waals surface area contributed by atoms with Gasteiger partial charge < -0.3 is 10.6 Å². The summed E-state index contributed by atoms with van der Waals surface area (Å²) in [5, 5.41) is 6.23. The van der Waals surface area contributed by atoms with Crippen LogP contribution in [0.5, 0.6) is 0 Å². The van der Waals surface area contributed by atoms with Gasteiger partial charge in [-0.25, -0.2) is 0 Å². The van der Waals surface area contributed by atoms with Gasteiger partial charge in [-0.3, -0.25) is 9.59 Å². The molecular weight excluding hydrogens is 360 g/mol. The first-order valence-electron chi connectivity index (χ1n) is 8.58. The number of carbonyl (C=O) groups excluding carboxylic acids is 2. The maximum Gasteiger partial charge on any atom is 0.251 e. The van der Waals surface area contributed by atoms with Gasteiger partial charge >= 0.3 is 0 Å². The van der Waals surface area contributed by atoms with E-state index >= 15 is 0 Å². The molecule has 0 radical (unpaired) electrons. The highest BCUT2D eigenvalue weighted by molar-refractivity contribution is 6.30. The zero-order valence-electron chi connectivity index (χ0n) is 14.6. The monoisotopic (exact) mass is 378 g/mol. The second-order valence-electron chi connectivity index (χ2n) is 6.08. The first kappa shape index (κ1) is 18.7. The van der Waals surface area contributed by atoms with E-state index in [-0.39, 0.29) is 11.8 Å². The van der Waals surface area contributed by atoms with Crippen molar-refractivity contribution in [1.82, 2.24) is 5.32 Å². The summed E-state index contributed by atoms with van der Waals surface area (Å²) in [4.78, 5) is 25.4. The average molecular weight is 379 g/mol. The fraction of sp³-hybridized carbons (Fsp3) is 0.0909. The molecule has 3 aromatic rings. The standard InChI is InChI=1S/C22H19ClN2O2/c23-18-13-11-17(12-14-18)21(26)25-20(15-16-7-3-1-4-8-16)22(27)24-19-9-5-2-6-10-19/h1-14,20H,15H2,(H,24,27)(H,25,26)/t20-/m0/s1. The molecular formula is C22H19ClN2O2. The van der Waals surface area contributed by atoms with Crippen LogP contribution in [0.3, 0.4) is 0 Å². The van der Waals surface area contributed by atoms with Crippen molar-refractivity contribution in [2.75, 3.05) is 5.32 Å². The van der Waals surface area contributed by atoms with E-state index in [1.54, 1.807) is 36.4 Å². The van der Waals surface area contributed by atoms with Crippen LogP contribution < -0.4 is 10.6 Å². The molecule has 3 rings (SSSR count). The lowest BCUT2D eigenvalue weighted by Gasteiger charge is -2.19. The minimum Gasteiger partial charge on any atom is -0.340 e. The predicted molar refractivity (Wildman–Crippen MR) is 108 cm³/mol. The molecule has 2 amide bonds. The number of rotatable bonds is 6. The quantitative estimate of drug-likeness (QED) is 0.671. The summed E-state index contributed by atoms with van der Waals surface area (Å²) in [5.41, 5.74) is 2.09. The second-order valence-corrected chi connectivity index (χ2v) is 6.51. The Labute approximate surface area is 163 Å². The Kier molecular flexibility index (Phi) is 6.23. The maximum atomic E-state index is 12.8. The van der Waals surface area contributed by atoms with E-state index in [0.29, 0.717) is 22.7 Å². The van der Waals surface area contributed by atoms with E-state index < -0.39 is 6.04 Å². The molecule has 0 heterocycles. The Balaban J connectivity index is 1.77. The Morgan fingerprint density at radius 2 is 1.41 bits per heavy atom. The van der Waals surface area contributed by atoms with E-state index in [0.717, 1.165) is 5.56 Å². The minimum absolute atomic E-state index is 0.271. The average Bonchev–Trinajstić information content (AvgIpc) is 2.69. The molecule has 5 heteroatoms. The number of hydrogen-bond acceptors (Lipinski definition) is 2. The lowest BCUT2D eigenvalue weighted by atomic mass is 10.0. The molecule has 0 aliphatic rings. The van der Waals surface area contributed by atoms with E-state index in [4.69, 9.17) is 11.6 Å². The van der Waals surface area contributed by atoms with E-state index in [1.807, 2.05) is 48.5 Å². The van der Waals surface area contributed by atoms with Gasteiger partial charge in [0.2, 0.25) is 5.91 Å². The SMILES string of the molecule is O=C(N[C@@H](Cc1ccccc1)C(=O)Nc1ccccc1)c1ccc(Cl)cc1. The molecule has 0 saturated heterocycles. The van der Waals surface area contributed by atoms with Gasteiger partial charge in [0.1, 0.15) is 6.04 Å². The van der Waals surface area contributed by atoms with Gasteiger partial charge in [-0.1, -0.05) is 60.1 Å². The Hall–Kier alpha value is -3.11. The third-order valence-electron chi connectivity index (χ3n) is 4.05. The Morgan fingerprint density at radius 3 is 2.04 bits per heavy atom. The van der Waals surface area contributed by atoms with Gasteiger partial charge in [0.05, 0.1) is 0 Å². The van der Waals surface area contributed by atoms with Crippen molar-refractivity contribution in [3.8, 4) is 0 Å². The van der Waals surface area contributed by atoms with Crippen molar-refractivity contribution < 1.29 is 9.59 Å². The fourth-order valence-electron chi connectivity index (χ4n) is 2.65. The summed E-state index contributed by atoms with van der Waals surface area (Å²) in [6.07, 6.45) is 0.388. The Morgan fingerprint density at radius 1 is 0.815 bits per heavy atom. The van der Waals surface area contributed by atoms with Gasteiger partial charge in [0, 0.05) is 22.7 Å². The molecule has 2 N–H and O–H groups in total. The van der Waals surface area contributed by atoms with Gasteiger partial charge in [-0.05, 0) is 42.0 Å². The van der Waals surface area contributed by atoms with Gasteiger partial charge in [-0.2, -0.15) is 0 Å². The highest BCUT2D eigenvalue weighted by Gasteiger charge is 2.22. The highest BCUT2D eigenvalue weighted by atomic mass is 35.5. The lowest BCUT2D eigenvalue weighted by molar-refractivity contribution is -0.118. The van der Waals surface area contributed by atoms with Crippen LogP contribution in [0.4, 0.5) is 5.69 Å². The van der Waals surface area contributed by atoms with E-state index in [2.05, 4.69) is 10.6 Å². The number of carbonyl (C=O) groups is 2. The number of nitrogens with one attached hydrogen (secondary N) is 2. The highest BCUT2D eigenvalue weighted by Crippen LogP contribution is 2.12. The molecule has 0 spiro atoms. The number of amides is 2. The van der Waals surface area contributed by atoms with Crippen LogP contribution in [0.15, 0.2) is 84.9 Å². The lowest BCUT2D eigenvalue weighted by Crippen LogP contribution is -2.45. The van der Waals surface area contributed by atoms with Crippen molar-refractivity contribution in [2.24, 2.45) is 0 Å². The number of anilines is 1. The van der Waals surface area contributed by atoms with Crippen LogP contribution in [0, 0.1) is 0 Å². The van der Waals surface area contributed by atoms with Crippen LogP contribution in [0.25, 0.3) is 0 Å². The van der Waals surface area contributed by atoms with Crippen LogP contribution in [-0.4, -0.2) is 17.9 Å². The molecule has 1 atom stereocenters. The van der Waals surface area contributed by atoms with E-state index in [9.17, 15) is 9.59 Å². The predicted octanol–water partition coefficient (Wildman–Crippen LogP) is 4.32. The second kappa shape index (κ2) is 9.01. The van der Waals surface area contributed by atoms with Gasteiger partial charge in [0.15, 0.2) is 0 Å². The summed E-state index contributed by atoms with van der Waals surface area (Å²) >= 11 is 5.87. The summed E-state index contributed by atoms with van der Waals surface area (Å²) in [7, 11) is 0. The van der Waals surface area contributed by atoms with Crippen molar-refractivity contribution >= 4 is 29.1 Å². The first-order valence-corrected chi connectivity index (χ1v) is 8.96. The molecule has 0 aliphatic carbocycles. The molecule has 0 aromatic heterocycles. The van der Waals surface area contributed by atoms with E-state index in [1.165, 1.54) is 0 Å². The van der Waals surface area contributed by atoms with Gasteiger partial charge in [0.25, 0.3) is 5.91 Å². The minimum atomic E-state index is -0.712. The smallest absolute Gasteiger partial charge is 0.251 e. The van der Waals surface area contributed by atoms with Crippen LogP contribution in [0.1, 0.15) is 15.9 Å². The normalized spacial score (nSPS) is 11.4. The summed E-state index contributed by atoms with van der Waals surface area (Å²) in [6, 6.07) is 24.6. The van der Waals surface area contributed by atoms with Crippen molar-refractivity contribution in [3.63, 3.8) is 0 Å². The number of hydrogen-bond donors (Lipinski definition) is 2. The van der Waals surface area contributed by atoms with Crippen LogP contribution in [-0.2, 0) is 11.2 Å². The maximum absolute atomic E-state index is 12.8. The molecule has 0 saturated carbocycles. The molecule has 0 aliphatic heterocycles. The molecule has 27 heavy (non-hydrogen) atoms. The summed E-state index contributed by atoms with van der Waals surface area (Å²) < 4.78 is 0. The summed E-state index contributed by atoms with van der Waals surface area (Å²) in [5.74, 6) is -0.594. The number of para-hydroxylation sites is 1. The van der Waals surface area contributed by atoms with Crippen molar-refractivity contribution in [2.45, 2.75) is 12.5 Å². The molecule has 0 fully saturated rings. The molecule has 136 valence electrons. The summed E-state index contributed by atoms with van der Waals surface area (Å²) in [6.45, 7) is 0. The van der Waals surface area contributed by atoms with Crippen molar-refractivity contribution in [3.05, 3.63) is 101 Å². The third kappa shape index (κ3) is 5.43.